The maximum Gasteiger partial charge on any atom is 0.238 e. The van der Waals surface area contributed by atoms with Crippen LogP contribution in [0.15, 0.2) is 54.6 Å². The second kappa shape index (κ2) is 15.2. The van der Waals surface area contributed by atoms with Crippen molar-refractivity contribution in [3.05, 3.63) is 60.2 Å². The van der Waals surface area contributed by atoms with Crippen molar-refractivity contribution in [1.29, 1.82) is 5.26 Å². The lowest BCUT2D eigenvalue weighted by atomic mass is 9.84. The number of likely N-dealkylation sites (tertiary alicyclic amines) is 1. The molecule has 0 saturated carbocycles. The van der Waals surface area contributed by atoms with Crippen molar-refractivity contribution in [2.75, 3.05) is 49.9 Å². The Morgan fingerprint density at radius 3 is 2.51 bits per heavy atom. The van der Waals surface area contributed by atoms with Gasteiger partial charge >= 0.3 is 0 Å². The number of aliphatic hydroxyl groups is 1. The Hall–Kier alpha value is -3.59. The number of rotatable bonds is 13. The van der Waals surface area contributed by atoms with Crippen LogP contribution in [0.2, 0.25) is 0 Å². The highest BCUT2D eigenvalue weighted by atomic mass is 32.2. The van der Waals surface area contributed by atoms with Crippen molar-refractivity contribution in [2.24, 2.45) is 5.92 Å². The van der Waals surface area contributed by atoms with Gasteiger partial charge < -0.3 is 26.0 Å². The topological polar surface area (TPSA) is 138 Å². The molecule has 3 atom stereocenters. The molecule has 2 aromatic carbocycles. The van der Waals surface area contributed by atoms with E-state index >= 15 is 0 Å². The quantitative estimate of drug-likeness (QED) is 0.272. The minimum absolute atomic E-state index is 0.0350. The summed E-state index contributed by atoms with van der Waals surface area (Å²) in [6, 6.07) is 19.3. The summed E-state index contributed by atoms with van der Waals surface area (Å²) in [5, 5.41) is 29.1. The van der Waals surface area contributed by atoms with E-state index in [4.69, 9.17) is 0 Å². The predicted octanol–water partition coefficient (Wildman–Crippen LogP) is 3.37. The highest BCUT2D eigenvalue weighted by Gasteiger charge is 2.41. The van der Waals surface area contributed by atoms with E-state index in [2.05, 4.69) is 26.9 Å². The lowest BCUT2D eigenvalue weighted by Gasteiger charge is -2.38. The maximum absolute atomic E-state index is 13.0. The van der Waals surface area contributed by atoms with Gasteiger partial charge in [0.05, 0.1) is 28.8 Å². The van der Waals surface area contributed by atoms with Crippen LogP contribution in [0.5, 0.6) is 0 Å². The number of carbonyl (C=O) groups is 3. The predicted molar refractivity (Wildman–Crippen MR) is 169 cm³/mol. The van der Waals surface area contributed by atoms with E-state index in [1.807, 2.05) is 68.4 Å². The molecule has 2 saturated heterocycles. The van der Waals surface area contributed by atoms with E-state index in [0.717, 1.165) is 11.3 Å². The number of hydrogen-bond donors (Lipinski definition) is 4. The SMILES string of the molecule is CCNC(=O)C(C#N)CC1SC(CCNc2cccc(NC(=O)CN3CCC(O)(c4ccccc4)CC3)c2)C(=O)N1CC. The van der Waals surface area contributed by atoms with E-state index in [9.17, 15) is 24.8 Å². The van der Waals surface area contributed by atoms with Crippen LogP contribution in [-0.4, -0.2) is 82.5 Å². The van der Waals surface area contributed by atoms with E-state index in [1.165, 1.54) is 11.8 Å². The van der Waals surface area contributed by atoms with Gasteiger partial charge in [-0.1, -0.05) is 36.4 Å². The second-order valence-electron chi connectivity index (χ2n) is 11.0. The summed E-state index contributed by atoms with van der Waals surface area (Å²) in [6.45, 7) is 6.80. The average molecular weight is 607 g/mol. The molecule has 0 radical (unpaired) electrons. The van der Waals surface area contributed by atoms with E-state index < -0.39 is 11.5 Å². The van der Waals surface area contributed by atoms with Crippen LogP contribution in [0.25, 0.3) is 0 Å². The van der Waals surface area contributed by atoms with Gasteiger partial charge in [0.25, 0.3) is 0 Å². The lowest BCUT2D eigenvalue weighted by molar-refractivity contribution is -0.131. The Morgan fingerprint density at radius 2 is 1.84 bits per heavy atom. The Bertz CT molecular complexity index is 1290. The van der Waals surface area contributed by atoms with E-state index in [-0.39, 0.29) is 34.9 Å². The molecule has 3 unspecified atom stereocenters. The van der Waals surface area contributed by atoms with Gasteiger partial charge in [0.1, 0.15) is 5.92 Å². The fourth-order valence-electron chi connectivity index (χ4n) is 5.68. The van der Waals surface area contributed by atoms with Crippen molar-refractivity contribution in [1.82, 2.24) is 15.1 Å². The normalized spacial score (nSPS) is 20.7. The van der Waals surface area contributed by atoms with Gasteiger partial charge in [-0.3, -0.25) is 19.3 Å². The largest absolute Gasteiger partial charge is 0.385 e. The van der Waals surface area contributed by atoms with Crippen molar-refractivity contribution in [3.8, 4) is 6.07 Å². The number of nitrogens with one attached hydrogen (secondary N) is 3. The van der Waals surface area contributed by atoms with Crippen LogP contribution in [0.4, 0.5) is 11.4 Å². The monoisotopic (exact) mass is 606 g/mol. The Labute approximate surface area is 258 Å². The molecule has 2 aliphatic heterocycles. The molecule has 10 nitrogen and oxygen atoms in total. The molecule has 4 N–H and O–H groups in total. The molecule has 0 bridgehead atoms. The molecule has 4 rings (SSSR count). The number of hydrogen-bond acceptors (Lipinski definition) is 8. The minimum Gasteiger partial charge on any atom is -0.385 e. The first kappa shape index (κ1) is 32.3. The Morgan fingerprint density at radius 1 is 1.12 bits per heavy atom. The fraction of sp³-hybridized carbons (Fsp3) is 0.500. The van der Waals surface area contributed by atoms with Crippen LogP contribution in [0, 0.1) is 17.2 Å². The summed E-state index contributed by atoms with van der Waals surface area (Å²) in [7, 11) is 0. The van der Waals surface area contributed by atoms with E-state index in [0.29, 0.717) is 64.1 Å². The highest BCUT2D eigenvalue weighted by Crippen LogP contribution is 2.37. The fourth-order valence-corrected chi connectivity index (χ4v) is 7.26. The number of piperidine rings is 1. The number of amides is 3. The van der Waals surface area contributed by atoms with Gasteiger partial charge in [-0.05, 0) is 56.9 Å². The smallest absolute Gasteiger partial charge is 0.238 e. The van der Waals surface area contributed by atoms with Gasteiger partial charge in [-0.25, -0.2) is 0 Å². The summed E-state index contributed by atoms with van der Waals surface area (Å²) in [4.78, 5) is 41.9. The molecule has 0 aromatic heterocycles. The van der Waals surface area contributed by atoms with Crippen molar-refractivity contribution >= 4 is 40.9 Å². The first-order valence-electron chi connectivity index (χ1n) is 15.0. The third kappa shape index (κ3) is 8.50. The Kier molecular flexibility index (Phi) is 11.4. The van der Waals surface area contributed by atoms with Crippen molar-refractivity contribution in [2.45, 2.75) is 55.8 Å². The molecule has 2 aromatic rings. The van der Waals surface area contributed by atoms with Gasteiger partial charge in [-0.2, -0.15) is 5.26 Å². The number of anilines is 2. The standard InChI is InChI=1S/C32H42N6O4S/c1-3-34-30(40)23(21-33)19-29-38(4-2)31(41)27(43-29)13-16-35-25-11-8-12-26(20-25)36-28(39)22-37-17-14-32(42,15-18-37)24-9-6-5-7-10-24/h5-12,20,23,27,29,35,42H,3-4,13-19,22H2,1-2H3,(H,34,40)(H,36,39). The minimum atomic E-state index is -0.851. The summed E-state index contributed by atoms with van der Waals surface area (Å²) in [5.74, 6) is -1.16. The lowest BCUT2D eigenvalue weighted by Crippen LogP contribution is -2.45. The van der Waals surface area contributed by atoms with E-state index in [1.54, 1.807) is 4.90 Å². The maximum atomic E-state index is 13.0. The zero-order chi connectivity index (χ0) is 30.8. The molecule has 3 amide bonds. The average Bonchev–Trinajstić information content (AvgIpc) is 3.31. The molecule has 2 aliphatic rings. The molecule has 0 aliphatic carbocycles. The zero-order valence-corrected chi connectivity index (χ0v) is 25.7. The highest BCUT2D eigenvalue weighted by molar-refractivity contribution is 8.01. The molecule has 11 heteroatoms. The third-order valence-corrected chi connectivity index (χ3v) is 9.60. The van der Waals surface area contributed by atoms with Crippen molar-refractivity contribution < 1.29 is 19.5 Å². The van der Waals surface area contributed by atoms with Gasteiger partial charge in [0.2, 0.25) is 17.7 Å². The Balaban J connectivity index is 1.22. The molecule has 0 spiro atoms. The number of benzene rings is 2. The summed E-state index contributed by atoms with van der Waals surface area (Å²) >= 11 is 1.52. The molecular formula is C32H42N6O4S. The first-order valence-corrected chi connectivity index (χ1v) is 16.0. The van der Waals surface area contributed by atoms with Gasteiger partial charge in [0.15, 0.2) is 0 Å². The van der Waals surface area contributed by atoms with Crippen LogP contribution in [0.1, 0.15) is 45.1 Å². The second-order valence-corrected chi connectivity index (χ2v) is 12.4. The van der Waals surface area contributed by atoms with Crippen LogP contribution >= 0.6 is 11.8 Å². The van der Waals surface area contributed by atoms with Gasteiger partial charge in [0, 0.05) is 50.5 Å². The summed E-state index contributed by atoms with van der Waals surface area (Å²) < 4.78 is 0. The third-order valence-electron chi connectivity index (χ3n) is 8.07. The molecule has 43 heavy (non-hydrogen) atoms. The summed E-state index contributed by atoms with van der Waals surface area (Å²) in [5.41, 5.74) is 1.59. The number of nitrogens with zero attached hydrogens (tertiary/aromatic N) is 3. The van der Waals surface area contributed by atoms with Gasteiger partial charge in [-0.15, -0.1) is 11.8 Å². The molecular weight excluding hydrogens is 564 g/mol. The van der Waals surface area contributed by atoms with Crippen LogP contribution in [-0.2, 0) is 20.0 Å². The zero-order valence-electron chi connectivity index (χ0n) is 24.9. The number of carbonyl (C=O) groups excluding carboxylic acids is 3. The number of thioether (sulfide) groups is 1. The van der Waals surface area contributed by atoms with Crippen LogP contribution < -0.4 is 16.0 Å². The number of nitriles is 1. The molecule has 2 fully saturated rings. The summed E-state index contributed by atoms with van der Waals surface area (Å²) in [6.07, 6.45) is 2.06. The first-order chi connectivity index (χ1) is 20.8. The molecule has 2 heterocycles. The van der Waals surface area contributed by atoms with Crippen molar-refractivity contribution in [3.63, 3.8) is 0 Å². The molecule has 230 valence electrons. The van der Waals surface area contributed by atoms with Crippen LogP contribution in [0.3, 0.4) is 0 Å².